The van der Waals surface area contributed by atoms with Crippen molar-refractivity contribution in [1.82, 2.24) is 10.6 Å². The molecule has 0 spiro atoms. The Morgan fingerprint density at radius 3 is 2.00 bits per heavy atom. The summed E-state index contributed by atoms with van der Waals surface area (Å²) in [5.41, 5.74) is 3.22. The van der Waals surface area contributed by atoms with Gasteiger partial charge in [-0.2, -0.15) is 0 Å². The van der Waals surface area contributed by atoms with Gasteiger partial charge in [-0.15, -0.1) is 11.8 Å². The van der Waals surface area contributed by atoms with Gasteiger partial charge in [-0.05, 0) is 47.6 Å². The van der Waals surface area contributed by atoms with E-state index in [1.54, 1.807) is 25.9 Å². The molecule has 0 heterocycles. The Bertz CT molecular complexity index is 1120. The molecular weight excluding hydrogens is 480 g/mol. The molecule has 0 fully saturated rings. The number of benzene rings is 3. The van der Waals surface area contributed by atoms with E-state index in [0.717, 1.165) is 16.9 Å². The van der Waals surface area contributed by atoms with Gasteiger partial charge in [-0.3, -0.25) is 9.59 Å². The first-order valence-electron chi connectivity index (χ1n) is 12.7. The predicted octanol–water partition coefficient (Wildman–Crippen LogP) is 5.43. The highest BCUT2D eigenvalue weighted by Crippen LogP contribution is 2.38. The molecule has 0 radical (unpaired) electrons. The van der Waals surface area contributed by atoms with Crippen LogP contribution in [0.2, 0.25) is 0 Å². The van der Waals surface area contributed by atoms with Crippen LogP contribution < -0.4 is 15.4 Å². The summed E-state index contributed by atoms with van der Waals surface area (Å²) in [6.45, 7) is 4.29. The van der Waals surface area contributed by atoms with E-state index in [4.69, 9.17) is 4.74 Å². The van der Waals surface area contributed by atoms with E-state index in [2.05, 4.69) is 48.7 Å². The molecule has 0 aliphatic carbocycles. The molecule has 2 amide bonds. The summed E-state index contributed by atoms with van der Waals surface area (Å²) in [5, 5.41) is 5.87. The summed E-state index contributed by atoms with van der Waals surface area (Å²) in [5.74, 6) is 1.43. The van der Waals surface area contributed by atoms with Gasteiger partial charge in [0, 0.05) is 19.2 Å². The van der Waals surface area contributed by atoms with Gasteiger partial charge in [0.25, 0.3) is 0 Å². The van der Waals surface area contributed by atoms with Gasteiger partial charge < -0.3 is 15.4 Å². The Hall–Kier alpha value is -3.25. The maximum absolute atomic E-state index is 14.2. The first-order valence-corrected chi connectivity index (χ1v) is 13.7. The van der Waals surface area contributed by atoms with Gasteiger partial charge in [-0.25, -0.2) is 0 Å². The summed E-state index contributed by atoms with van der Waals surface area (Å²) >= 11 is 1.67. The van der Waals surface area contributed by atoms with Gasteiger partial charge in [-0.1, -0.05) is 86.6 Å². The molecule has 0 bridgehead atoms. The summed E-state index contributed by atoms with van der Waals surface area (Å²) in [6, 6.07) is 27.3. The van der Waals surface area contributed by atoms with Crippen LogP contribution in [0.25, 0.3) is 0 Å². The molecule has 0 aliphatic rings. The lowest BCUT2D eigenvalue weighted by Crippen LogP contribution is -2.55. The maximum atomic E-state index is 14.2. The first kappa shape index (κ1) is 28.3. The van der Waals surface area contributed by atoms with Crippen molar-refractivity contribution in [2.24, 2.45) is 5.92 Å². The molecule has 6 heteroatoms. The lowest BCUT2D eigenvalue weighted by atomic mass is 9.88. The Kier molecular flexibility index (Phi) is 10.6. The van der Waals surface area contributed by atoms with Gasteiger partial charge in [0.1, 0.15) is 11.8 Å². The molecule has 5 nitrogen and oxygen atoms in total. The fourth-order valence-electron chi connectivity index (χ4n) is 4.47. The zero-order valence-corrected chi connectivity index (χ0v) is 23.0. The van der Waals surface area contributed by atoms with Crippen LogP contribution in [0.1, 0.15) is 37.0 Å². The lowest BCUT2D eigenvalue weighted by Gasteiger charge is -2.35. The van der Waals surface area contributed by atoms with Gasteiger partial charge in [0.05, 0.1) is 11.9 Å². The minimum Gasteiger partial charge on any atom is -0.497 e. The van der Waals surface area contributed by atoms with E-state index in [1.807, 2.05) is 60.7 Å². The van der Waals surface area contributed by atoms with Crippen LogP contribution in [0, 0.1) is 5.92 Å². The Morgan fingerprint density at radius 1 is 0.865 bits per heavy atom. The molecule has 37 heavy (non-hydrogen) atoms. The van der Waals surface area contributed by atoms with Gasteiger partial charge in [0.2, 0.25) is 11.8 Å². The number of thioether (sulfide) groups is 1. The molecule has 0 aliphatic heterocycles. The van der Waals surface area contributed by atoms with E-state index in [-0.39, 0.29) is 17.7 Å². The number of carbonyl (C=O) groups is 2. The van der Waals surface area contributed by atoms with Crippen molar-refractivity contribution in [2.45, 2.75) is 49.7 Å². The average Bonchev–Trinajstić information content (AvgIpc) is 2.92. The molecule has 196 valence electrons. The van der Waals surface area contributed by atoms with Crippen LogP contribution in [-0.4, -0.2) is 36.8 Å². The number of hydrogen-bond donors (Lipinski definition) is 2. The second-order valence-corrected chi connectivity index (χ2v) is 11.1. The molecule has 3 aromatic rings. The SMILES string of the molecule is CNC(=O)[C@H](Cc1ccc(OC)cc1)NC(=O)C(Cc1ccccc1)(CC(C)C)SCc1ccccc1. The number of carbonyl (C=O) groups excluding carboxylic acids is 2. The number of ether oxygens (including phenoxy) is 1. The largest absolute Gasteiger partial charge is 0.497 e. The molecule has 1 unspecified atom stereocenters. The van der Waals surface area contributed by atoms with E-state index in [1.165, 1.54) is 5.56 Å². The lowest BCUT2D eigenvalue weighted by molar-refractivity contribution is -0.130. The minimum atomic E-state index is -0.739. The highest BCUT2D eigenvalue weighted by Gasteiger charge is 2.41. The van der Waals surface area contributed by atoms with Crippen molar-refractivity contribution in [1.29, 1.82) is 0 Å². The van der Waals surface area contributed by atoms with Crippen LogP contribution in [0.5, 0.6) is 5.75 Å². The van der Waals surface area contributed by atoms with Gasteiger partial charge in [0.15, 0.2) is 0 Å². The fourth-order valence-corrected chi connectivity index (χ4v) is 6.02. The Labute approximate surface area is 225 Å². The molecule has 3 aromatic carbocycles. The van der Waals surface area contributed by atoms with Crippen LogP contribution in [0.15, 0.2) is 84.9 Å². The second-order valence-electron chi connectivity index (χ2n) is 9.72. The highest BCUT2D eigenvalue weighted by molar-refractivity contribution is 8.00. The second kappa shape index (κ2) is 13.9. The minimum absolute atomic E-state index is 0.104. The zero-order valence-electron chi connectivity index (χ0n) is 22.2. The predicted molar refractivity (Wildman–Crippen MR) is 153 cm³/mol. The summed E-state index contributed by atoms with van der Waals surface area (Å²) in [4.78, 5) is 27.1. The van der Waals surface area contributed by atoms with Crippen molar-refractivity contribution >= 4 is 23.6 Å². The summed E-state index contributed by atoms with van der Waals surface area (Å²) < 4.78 is 4.52. The monoisotopic (exact) mass is 518 g/mol. The third-order valence-corrected chi connectivity index (χ3v) is 7.84. The van der Waals surface area contributed by atoms with E-state index >= 15 is 0 Å². The number of likely N-dealkylation sites (N-methyl/N-ethyl adjacent to an activating group) is 1. The molecule has 3 rings (SSSR count). The zero-order chi connectivity index (χ0) is 26.7. The van der Waals surface area contributed by atoms with Crippen molar-refractivity contribution in [2.75, 3.05) is 14.2 Å². The molecule has 2 N–H and O–H groups in total. The van der Waals surface area contributed by atoms with Crippen LogP contribution >= 0.6 is 11.8 Å². The number of nitrogens with one attached hydrogen (secondary N) is 2. The van der Waals surface area contributed by atoms with Crippen LogP contribution in [0.3, 0.4) is 0 Å². The van der Waals surface area contributed by atoms with Crippen molar-refractivity contribution in [3.63, 3.8) is 0 Å². The Balaban J connectivity index is 1.92. The van der Waals surface area contributed by atoms with Crippen LogP contribution in [0.4, 0.5) is 0 Å². The molecule has 2 atom stereocenters. The summed E-state index contributed by atoms with van der Waals surface area (Å²) in [7, 11) is 3.22. The Morgan fingerprint density at radius 2 is 1.46 bits per heavy atom. The third kappa shape index (κ3) is 8.39. The number of hydrogen-bond acceptors (Lipinski definition) is 4. The normalized spacial score (nSPS) is 13.4. The number of rotatable bonds is 13. The van der Waals surface area contributed by atoms with Crippen molar-refractivity contribution in [3.8, 4) is 5.75 Å². The summed E-state index contributed by atoms with van der Waals surface area (Å²) in [6.07, 6.45) is 1.66. The number of methoxy groups -OCH3 is 1. The van der Waals surface area contributed by atoms with E-state index in [0.29, 0.717) is 25.0 Å². The molecule has 0 aromatic heterocycles. The number of amides is 2. The third-order valence-electron chi connectivity index (χ3n) is 6.31. The van der Waals surface area contributed by atoms with Crippen molar-refractivity contribution in [3.05, 3.63) is 102 Å². The molecule has 0 saturated carbocycles. The van der Waals surface area contributed by atoms with E-state index in [9.17, 15) is 9.59 Å². The quantitative estimate of drug-likeness (QED) is 0.317. The average molecular weight is 519 g/mol. The van der Waals surface area contributed by atoms with E-state index < -0.39 is 10.8 Å². The van der Waals surface area contributed by atoms with Crippen LogP contribution in [-0.2, 0) is 28.2 Å². The standard InChI is InChI=1S/C31H38N2O3S/c1-23(2)20-31(21-25-11-7-5-8-12-25,37-22-26-13-9-6-10-14-26)30(35)33-28(29(34)32-3)19-24-15-17-27(36-4)18-16-24/h5-18,23,28H,19-22H2,1-4H3,(H,32,34)(H,33,35)/t28-,31?/m0/s1. The van der Waals surface area contributed by atoms with Crippen molar-refractivity contribution < 1.29 is 14.3 Å². The van der Waals surface area contributed by atoms with Gasteiger partial charge >= 0.3 is 0 Å². The molecular formula is C31H38N2O3S. The smallest absolute Gasteiger partial charge is 0.242 e. The molecule has 0 saturated heterocycles. The fraction of sp³-hybridized carbons (Fsp3) is 0.355. The topological polar surface area (TPSA) is 67.4 Å². The maximum Gasteiger partial charge on any atom is 0.242 e. The first-order chi connectivity index (χ1) is 17.8. The highest BCUT2D eigenvalue weighted by atomic mass is 32.2.